The minimum atomic E-state index is -1.34. The Labute approximate surface area is 64.7 Å². The Morgan fingerprint density at radius 3 is 1.80 bits per heavy atom. The monoisotopic (exact) mass is 154 g/mol. The molecule has 0 aliphatic rings. The largest absolute Gasteiger partial charge is 0.488 e. The van der Waals surface area contributed by atoms with Gasteiger partial charge in [0.2, 0.25) is 0 Å². The van der Waals surface area contributed by atoms with Crippen molar-refractivity contribution < 1.29 is 10.0 Å². The van der Waals surface area contributed by atoms with E-state index in [0.29, 0.717) is 5.46 Å². The van der Waals surface area contributed by atoms with Gasteiger partial charge >= 0.3 is 7.12 Å². The maximum atomic E-state index is 8.58. The van der Waals surface area contributed by atoms with Gasteiger partial charge in [0.1, 0.15) is 0 Å². The molecule has 54 valence electrons. The summed E-state index contributed by atoms with van der Waals surface area (Å²) < 4.78 is 0. The van der Waals surface area contributed by atoms with Gasteiger partial charge in [-0.2, -0.15) is 0 Å². The molecule has 0 saturated heterocycles. The van der Waals surface area contributed by atoms with E-state index in [1.165, 1.54) is 0 Å². The van der Waals surface area contributed by atoms with Gasteiger partial charge in [0.05, 0.1) is 0 Å². The van der Waals surface area contributed by atoms with E-state index in [1.807, 2.05) is 6.07 Å². The highest BCUT2D eigenvalue weighted by molar-refractivity contribution is 6.58. The predicted octanol–water partition coefficient (Wildman–Crippen LogP) is -2.09. The van der Waals surface area contributed by atoms with Crippen LogP contribution < -0.4 is 5.46 Å². The summed E-state index contributed by atoms with van der Waals surface area (Å²) >= 11 is 0. The number of benzene rings is 1. The molecule has 0 saturated carbocycles. The number of rotatable bonds is 1. The van der Waals surface area contributed by atoms with Gasteiger partial charge in [-0.1, -0.05) is 30.3 Å². The van der Waals surface area contributed by atoms with Crippen molar-refractivity contribution in [1.82, 2.24) is 0 Å². The van der Waals surface area contributed by atoms with E-state index in [2.05, 4.69) is 0 Å². The van der Waals surface area contributed by atoms with Crippen molar-refractivity contribution in [1.29, 1.82) is 0 Å². The van der Waals surface area contributed by atoms with Crippen LogP contribution in [-0.4, -0.2) is 28.1 Å². The first kappa shape index (κ1) is 9.42. The Morgan fingerprint density at radius 1 is 1.00 bits per heavy atom. The van der Waals surface area contributed by atoms with Crippen LogP contribution in [0.15, 0.2) is 30.3 Å². The van der Waals surface area contributed by atoms with Gasteiger partial charge in [-0.25, -0.2) is 0 Å². The third-order valence-corrected chi connectivity index (χ3v) is 1.10. The van der Waals surface area contributed by atoms with E-state index in [9.17, 15) is 0 Å². The fraction of sp³-hybridized carbons (Fsp3) is 0. The molecule has 0 heterocycles. The average Bonchev–Trinajstić information content (AvgIpc) is 1.90. The second kappa shape index (κ2) is 4.27. The van der Waals surface area contributed by atoms with Crippen molar-refractivity contribution in [2.24, 2.45) is 0 Å². The lowest BCUT2D eigenvalue weighted by atomic mass is 9.81. The predicted molar refractivity (Wildman–Crippen MR) is 47.6 cm³/mol. The van der Waals surface area contributed by atoms with E-state index < -0.39 is 7.12 Å². The molecule has 0 bridgehead atoms. The SMILES string of the molecule is OB(O)c1ccccc1.[SiH4]. The summed E-state index contributed by atoms with van der Waals surface area (Å²) in [6, 6.07) is 8.66. The van der Waals surface area contributed by atoms with Crippen LogP contribution in [0, 0.1) is 0 Å². The third kappa shape index (κ3) is 2.35. The standard InChI is InChI=1S/C6H7BO2.H4Si/c8-7(9)6-4-2-1-3-5-6;/h1-5,8-9H;1H4. The van der Waals surface area contributed by atoms with Crippen molar-refractivity contribution >= 4 is 23.5 Å². The van der Waals surface area contributed by atoms with Crippen LogP contribution in [0.4, 0.5) is 0 Å². The highest BCUT2D eigenvalue weighted by Gasteiger charge is 2.07. The molecule has 0 unspecified atom stereocenters. The van der Waals surface area contributed by atoms with Crippen molar-refractivity contribution in [3.63, 3.8) is 0 Å². The van der Waals surface area contributed by atoms with Crippen LogP contribution in [-0.2, 0) is 0 Å². The molecule has 4 heteroatoms. The summed E-state index contributed by atoms with van der Waals surface area (Å²) in [6.45, 7) is 0. The summed E-state index contributed by atoms with van der Waals surface area (Å²) in [6.07, 6.45) is 0. The Hall–Kier alpha value is -0.578. The lowest BCUT2D eigenvalue weighted by Gasteiger charge is -1.94. The van der Waals surface area contributed by atoms with Crippen LogP contribution in [0.1, 0.15) is 0 Å². The van der Waals surface area contributed by atoms with Crippen LogP contribution >= 0.6 is 0 Å². The molecule has 0 radical (unpaired) electrons. The molecule has 0 aliphatic carbocycles. The summed E-state index contributed by atoms with van der Waals surface area (Å²) in [5.41, 5.74) is 0.525. The lowest BCUT2D eigenvalue weighted by Crippen LogP contribution is -2.29. The first-order chi connectivity index (χ1) is 4.30. The quantitative estimate of drug-likeness (QED) is 0.455. The Kier molecular flexibility index (Phi) is 4.02. The molecule has 10 heavy (non-hydrogen) atoms. The molecule has 0 amide bonds. The highest BCUT2D eigenvalue weighted by Crippen LogP contribution is 1.82. The summed E-state index contributed by atoms with van der Waals surface area (Å²) in [4.78, 5) is 0. The molecular formula is C6H11BO2Si. The van der Waals surface area contributed by atoms with Crippen LogP contribution in [0.25, 0.3) is 0 Å². The van der Waals surface area contributed by atoms with Gasteiger partial charge in [0, 0.05) is 0 Å². The first-order valence-corrected chi connectivity index (χ1v) is 2.72. The molecule has 0 atom stereocenters. The van der Waals surface area contributed by atoms with Gasteiger partial charge < -0.3 is 10.0 Å². The molecule has 1 aromatic carbocycles. The summed E-state index contributed by atoms with van der Waals surface area (Å²) in [7, 11) is -1.34. The first-order valence-electron chi connectivity index (χ1n) is 2.72. The van der Waals surface area contributed by atoms with Crippen LogP contribution in [0.3, 0.4) is 0 Å². The minimum Gasteiger partial charge on any atom is -0.423 e. The second-order valence-corrected chi connectivity index (χ2v) is 1.78. The van der Waals surface area contributed by atoms with Crippen LogP contribution in [0.2, 0.25) is 0 Å². The van der Waals surface area contributed by atoms with Crippen molar-refractivity contribution in [3.8, 4) is 0 Å². The highest BCUT2D eigenvalue weighted by atomic mass is 28.1. The van der Waals surface area contributed by atoms with E-state index >= 15 is 0 Å². The molecule has 0 aliphatic heterocycles. The Balaban J connectivity index is 0.000000810. The fourth-order valence-corrected chi connectivity index (χ4v) is 0.625. The Morgan fingerprint density at radius 2 is 1.50 bits per heavy atom. The smallest absolute Gasteiger partial charge is 0.423 e. The fourth-order valence-electron chi connectivity index (χ4n) is 0.625. The zero-order valence-electron chi connectivity index (χ0n) is 4.86. The van der Waals surface area contributed by atoms with E-state index in [4.69, 9.17) is 10.0 Å². The van der Waals surface area contributed by atoms with Gasteiger partial charge in [0.25, 0.3) is 0 Å². The molecule has 0 aromatic heterocycles. The topological polar surface area (TPSA) is 40.5 Å². The zero-order valence-corrected chi connectivity index (χ0v) is 4.86. The maximum Gasteiger partial charge on any atom is 0.488 e. The lowest BCUT2D eigenvalue weighted by molar-refractivity contribution is 0.426. The second-order valence-electron chi connectivity index (χ2n) is 1.78. The zero-order chi connectivity index (χ0) is 6.69. The maximum absolute atomic E-state index is 8.58. The Bertz CT molecular complexity index is 178. The molecule has 0 spiro atoms. The van der Waals surface area contributed by atoms with Gasteiger partial charge in [-0.3, -0.25) is 0 Å². The van der Waals surface area contributed by atoms with Crippen LogP contribution in [0.5, 0.6) is 0 Å². The van der Waals surface area contributed by atoms with Gasteiger partial charge in [0.15, 0.2) is 0 Å². The van der Waals surface area contributed by atoms with Gasteiger partial charge in [-0.15, -0.1) is 0 Å². The van der Waals surface area contributed by atoms with Crippen molar-refractivity contribution in [2.45, 2.75) is 0 Å². The normalized spacial score (nSPS) is 8.20. The molecular weight excluding hydrogens is 143 g/mol. The van der Waals surface area contributed by atoms with E-state index in [-0.39, 0.29) is 11.0 Å². The van der Waals surface area contributed by atoms with Crippen molar-refractivity contribution in [2.75, 3.05) is 0 Å². The van der Waals surface area contributed by atoms with E-state index in [1.54, 1.807) is 24.3 Å². The number of hydrogen-bond donors (Lipinski definition) is 2. The average molecular weight is 154 g/mol. The molecule has 1 rings (SSSR count). The molecule has 0 fully saturated rings. The number of hydrogen-bond acceptors (Lipinski definition) is 2. The summed E-state index contributed by atoms with van der Waals surface area (Å²) in [5.74, 6) is 0. The molecule has 1 aromatic rings. The minimum absolute atomic E-state index is 0. The van der Waals surface area contributed by atoms with Crippen molar-refractivity contribution in [3.05, 3.63) is 30.3 Å². The molecule has 2 nitrogen and oxygen atoms in total. The van der Waals surface area contributed by atoms with E-state index in [0.717, 1.165) is 0 Å². The third-order valence-electron chi connectivity index (χ3n) is 1.10. The summed E-state index contributed by atoms with van der Waals surface area (Å²) in [5, 5.41) is 17.2. The van der Waals surface area contributed by atoms with Gasteiger partial charge in [-0.05, 0) is 16.4 Å². The molecule has 2 N–H and O–H groups in total.